The summed E-state index contributed by atoms with van der Waals surface area (Å²) in [5.41, 5.74) is 1.79. The van der Waals surface area contributed by atoms with Crippen LogP contribution in [-0.4, -0.2) is 28.9 Å². The van der Waals surface area contributed by atoms with Crippen LogP contribution >= 0.6 is 0 Å². The number of carbonyl (C=O) groups excluding carboxylic acids is 2. The van der Waals surface area contributed by atoms with Gasteiger partial charge < -0.3 is 15.7 Å². The van der Waals surface area contributed by atoms with E-state index in [0.29, 0.717) is 24.1 Å². The summed E-state index contributed by atoms with van der Waals surface area (Å²) in [7, 11) is 0. The lowest BCUT2D eigenvalue weighted by molar-refractivity contribution is -0.139. The zero-order valence-corrected chi connectivity index (χ0v) is 15.4. The monoisotopic (exact) mass is 348 g/mol. The Bertz CT molecular complexity index is 626. The summed E-state index contributed by atoms with van der Waals surface area (Å²) in [6.45, 7) is 7.71. The van der Waals surface area contributed by atoms with Crippen LogP contribution in [0.5, 0.6) is 0 Å². The number of hydrogen-bond donors (Lipinski definition) is 3. The van der Waals surface area contributed by atoms with E-state index in [2.05, 4.69) is 10.6 Å². The minimum Gasteiger partial charge on any atom is -0.480 e. The Kier molecular flexibility index (Phi) is 8.11. The number of unbranched alkanes of at least 4 members (excludes halogenated alkanes) is 1. The number of rotatable bonds is 9. The fraction of sp³-hybridized carbons (Fsp3) is 0.526. The quantitative estimate of drug-likeness (QED) is 0.638. The van der Waals surface area contributed by atoms with Crippen LogP contribution < -0.4 is 10.6 Å². The number of carboxylic acids is 1. The molecule has 1 rings (SSSR count). The number of carboxylic acid groups (broad SMARTS) is 1. The van der Waals surface area contributed by atoms with Gasteiger partial charge >= 0.3 is 5.97 Å². The van der Waals surface area contributed by atoms with E-state index >= 15 is 0 Å². The van der Waals surface area contributed by atoms with Gasteiger partial charge in [0, 0.05) is 17.7 Å². The van der Waals surface area contributed by atoms with Gasteiger partial charge in [0.05, 0.1) is 0 Å². The lowest BCUT2D eigenvalue weighted by Gasteiger charge is -2.15. The van der Waals surface area contributed by atoms with E-state index in [0.717, 1.165) is 18.4 Å². The highest BCUT2D eigenvalue weighted by atomic mass is 16.4. The average molecular weight is 348 g/mol. The summed E-state index contributed by atoms with van der Waals surface area (Å²) in [6, 6.07) is 4.02. The van der Waals surface area contributed by atoms with Crippen molar-refractivity contribution < 1.29 is 19.5 Å². The minimum absolute atomic E-state index is 0.0687. The number of hydrogen-bond acceptors (Lipinski definition) is 3. The van der Waals surface area contributed by atoms with Gasteiger partial charge in [-0.15, -0.1) is 0 Å². The van der Waals surface area contributed by atoms with Crippen molar-refractivity contribution in [2.75, 3.05) is 5.32 Å². The molecule has 25 heavy (non-hydrogen) atoms. The Morgan fingerprint density at radius 3 is 2.40 bits per heavy atom. The van der Waals surface area contributed by atoms with Crippen LogP contribution in [0.15, 0.2) is 18.2 Å². The van der Waals surface area contributed by atoms with Crippen molar-refractivity contribution in [3.63, 3.8) is 0 Å². The van der Waals surface area contributed by atoms with Crippen LogP contribution in [0, 0.1) is 12.8 Å². The topological polar surface area (TPSA) is 95.5 Å². The van der Waals surface area contributed by atoms with E-state index < -0.39 is 17.9 Å². The third kappa shape index (κ3) is 6.95. The van der Waals surface area contributed by atoms with Crippen LogP contribution in [0.3, 0.4) is 0 Å². The molecular formula is C19H28N2O4. The Hall–Kier alpha value is -2.37. The van der Waals surface area contributed by atoms with Gasteiger partial charge in [-0.3, -0.25) is 9.59 Å². The molecular weight excluding hydrogens is 320 g/mol. The molecule has 0 heterocycles. The average Bonchev–Trinajstić information content (AvgIpc) is 2.52. The number of carbonyl (C=O) groups is 3. The molecule has 138 valence electrons. The third-order valence-corrected chi connectivity index (χ3v) is 3.81. The summed E-state index contributed by atoms with van der Waals surface area (Å²) >= 11 is 0. The molecule has 0 unspecified atom stereocenters. The standard InChI is InChI=1S/C19H28N2O4/c1-5-6-7-16(19(24)25)21-18(23)14-8-9-15(13(4)11-14)20-17(22)10-12(2)3/h8-9,11-12,16H,5-7,10H2,1-4H3,(H,20,22)(H,21,23)(H,24,25)/t16-/m0/s1. The molecule has 0 aliphatic heterocycles. The third-order valence-electron chi connectivity index (χ3n) is 3.81. The Balaban J connectivity index is 2.79. The number of benzene rings is 1. The number of aliphatic carboxylic acids is 1. The van der Waals surface area contributed by atoms with E-state index in [1.165, 1.54) is 0 Å². The first kappa shape index (κ1) is 20.7. The number of aryl methyl sites for hydroxylation is 1. The highest BCUT2D eigenvalue weighted by Gasteiger charge is 2.20. The first-order valence-corrected chi connectivity index (χ1v) is 8.68. The van der Waals surface area contributed by atoms with E-state index in [9.17, 15) is 19.5 Å². The van der Waals surface area contributed by atoms with Crippen LogP contribution in [0.1, 0.15) is 62.4 Å². The molecule has 0 radical (unpaired) electrons. The van der Waals surface area contributed by atoms with E-state index in [1.54, 1.807) is 25.1 Å². The lowest BCUT2D eigenvalue weighted by atomic mass is 10.1. The second-order valence-corrected chi connectivity index (χ2v) is 6.68. The maximum Gasteiger partial charge on any atom is 0.326 e. The fourth-order valence-electron chi connectivity index (χ4n) is 2.42. The van der Waals surface area contributed by atoms with E-state index in [-0.39, 0.29) is 11.8 Å². The predicted molar refractivity (Wildman–Crippen MR) is 97.7 cm³/mol. The molecule has 6 heteroatoms. The molecule has 0 bridgehead atoms. The molecule has 3 N–H and O–H groups in total. The summed E-state index contributed by atoms with van der Waals surface area (Å²) in [6.07, 6.45) is 2.43. The van der Waals surface area contributed by atoms with Crippen molar-refractivity contribution >= 4 is 23.5 Å². The summed E-state index contributed by atoms with van der Waals surface area (Å²) < 4.78 is 0. The first-order chi connectivity index (χ1) is 11.7. The zero-order valence-electron chi connectivity index (χ0n) is 15.4. The van der Waals surface area contributed by atoms with Gasteiger partial charge in [-0.05, 0) is 43.0 Å². The van der Waals surface area contributed by atoms with Crippen LogP contribution in [-0.2, 0) is 9.59 Å². The maximum atomic E-state index is 12.3. The van der Waals surface area contributed by atoms with Gasteiger partial charge in [-0.1, -0.05) is 33.6 Å². The number of nitrogens with one attached hydrogen (secondary N) is 2. The van der Waals surface area contributed by atoms with Crippen molar-refractivity contribution in [2.45, 2.75) is 59.4 Å². The van der Waals surface area contributed by atoms with Gasteiger partial charge in [0.1, 0.15) is 6.04 Å². The molecule has 0 aliphatic carbocycles. The van der Waals surface area contributed by atoms with Crippen LogP contribution in [0.4, 0.5) is 5.69 Å². The summed E-state index contributed by atoms with van der Waals surface area (Å²) in [5.74, 6) is -1.26. The minimum atomic E-state index is -1.03. The van der Waals surface area contributed by atoms with Crippen molar-refractivity contribution in [3.05, 3.63) is 29.3 Å². The molecule has 1 aromatic rings. The molecule has 1 aromatic carbocycles. The lowest BCUT2D eigenvalue weighted by Crippen LogP contribution is -2.40. The molecule has 6 nitrogen and oxygen atoms in total. The summed E-state index contributed by atoms with van der Waals surface area (Å²) in [4.78, 5) is 35.4. The Morgan fingerprint density at radius 2 is 1.88 bits per heavy atom. The van der Waals surface area contributed by atoms with Gasteiger partial charge in [0.25, 0.3) is 5.91 Å². The fourth-order valence-corrected chi connectivity index (χ4v) is 2.42. The van der Waals surface area contributed by atoms with E-state index in [4.69, 9.17) is 0 Å². The zero-order chi connectivity index (χ0) is 19.0. The number of anilines is 1. The van der Waals surface area contributed by atoms with Crippen molar-refractivity contribution in [2.24, 2.45) is 5.92 Å². The van der Waals surface area contributed by atoms with Crippen molar-refractivity contribution in [3.8, 4) is 0 Å². The molecule has 0 saturated heterocycles. The maximum absolute atomic E-state index is 12.3. The largest absolute Gasteiger partial charge is 0.480 e. The van der Waals surface area contributed by atoms with Gasteiger partial charge in [-0.2, -0.15) is 0 Å². The molecule has 1 atom stereocenters. The Morgan fingerprint density at radius 1 is 1.20 bits per heavy atom. The molecule has 0 fully saturated rings. The number of amides is 2. The van der Waals surface area contributed by atoms with Gasteiger partial charge in [0.2, 0.25) is 5.91 Å². The normalized spacial score (nSPS) is 11.9. The molecule has 0 spiro atoms. The smallest absolute Gasteiger partial charge is 0.326 e. The molecule has 0 aliphatic rings. The SMILES string of the molecule is CCCC[C@H](NC(=O)c1ccc(NC(=O)CC(C)C)c(C)c1)C(=O)O. The summed E-state index contributed by atoms with van der Waals surface area (Å²) in [5, 5.41) is 14.6. The van der Waals surface area contributed by atoms with Gasteiger partial charge in [-0.25, -0.2) is 4.79 Å². The van der Waals surface area contributed by atoms with Crippen LogP contribution in [0.2, 0.25) is 0 Å². The molecule has 0 saturated carbocycles. The van der Waals surface area contributed by atoms with Crippen LogP contribution in [0.25, 0.3) is 0 Å². The first-order valence-electron chi connectivity index (χ1n) is 8.68. The second kappa shape index (κ2) is 9.81. The molecule has 2 amide bonds. The second-order valence-electron chi connectivity index (χ2n) is 6.68. The highest BCUT2D eigenvalue weighted by Crippen LogP contribution is 2.18. The van der Waals surface area contributed by atoms with E-state index in [1.807, 2.05) is 20.8 Å². The van der Waals surface area contributed by atoms with Gasteiger partial charge in [0.15, 0.2) is 0 Å². The molecule has 0 aromatic heterocycles. The Labute approximate surface area is 149 Å². The predicted octanol–water partition coefficient (Wildman–Crippen LogP) is 3.35. The van der Waals surface area contributed by atoms with Crippen molar-refractivity contribution in [1.29, 1.82) is 0 Å². The highest BCUT2D eigenvalue weighted by molar-refractivity contribution is 5.98. The van der Waals surface area contributed by atoms with Crippen molar-refractivity contribution in [1.82, 2.24) is 5.32 Å².